The van der Waals surface area contributed by atoms with Crippen molar-refractivity contribution < 1.29 is 17.6 Å². The van der Waals surface area contributed by atoms with E-state index in [0.29, 0.717) is 13.1 Å². The molecule has 1 aliphatic rings. The van der Waals surface area contributed by atoms with Crippen molar-refractivity contribution in [3.05, 3.63) is 35.6 Å². The van der Waals surface area contributed by atoms with E-state index < -0.39 is 18.0 Å². The zero-order valence-electron chi connectivity index (χ0n) is 10.1. The van der Waals surface area contributed by atoms with Gasteiger partial charge in [-0.3, -0.25) is 4.90 Å². The van der Waals surface area contributed by atoms with Gasteiger partial charge in [0, 0.05) is 31.7 Å². The molecule has 1 aromatic carbocycles. The lowest BCUT2D eigenvalue weighted by Gasteiger charge is -2.36. The zero-order chi connectivity index (χ0) is 13.2. The first-order valence-corrected chi connectivity index (χ1v) is 5.76. The van der Waals surface area contributed by atoms with E-state index in [9.17, 15) is 17.6 Å². The largest absolute Gasteiger partial charge is 0.408 e. The Morgan fingerprint density at radius 1 is 1.11 bits per heavy atom. The molecule has 0 spiro atoms. The predicted octanol–water partition coefficient (Wildman–Crippen LogP) is 2.76. The highest BCUT2D eigenvalue weighted by molar-refractivity contribution is 5.85. The smallest absolute Gasteiger partial charge is 0.314 e. The summed E-state index contributed by atoms with van der Waals surface area (Å²) >= 11 is 0. The van der Waals surface area contributed by atoms with Crippen molar-refractivity contribution in [2.75, 3.05) is 26.2 Å². The second-order valence-corrected chi connectivity index (χ2v) is 4.25. The van der Waals surface area contributed by atoms with Crippen molar-refractivity contribution >= 4 is 12.4 Å². The maximum Gasteiger partial charge on any atom is 0.408 e. The van der Waals surface area contributed by atoms with Gasteiger partial charge in [0.25, 0.3) is 0 Å². The summed E-state index contributed by atoms with van der Waals surface area (Å²) in [4.78, 5) is 1.27. The van der Waals surface area contributed by atoms with Crippen LogP contribution in [0.2, 0.25) is 0 Å². The van der Waals surface area contributed by atoms with Gasteiger partial charge >= 0.3 is 6.18 Å². The number of nitrogens with one attached hydrogen (secondary N) is 1. The van der Waals surface area contributed by atoms with E-state index in [-0.39, 0.29) is 31.1 Å². The average molecular weight is 299 g/mol. The van der Waals surface area contributed by atoms with E-state index in [2.05, 4.69) is 5.32 Å². The van der Waals surface area contributed by atoms with Crippen LogP contribution in [0.3, 0.4) is 0 Å². The summed E-state index contributed by atoms with van der Waals surface area (Å²) in [5.41, 5.74) is -0.299. The van der Waals surface area contributed by atoms with Gasteiger partial charge in [-0.25, -0.2) is 4.39 Å². The number of rotatable bonds is 2. The Bertz CT molecular complexity index is 405. The van der Waals surface area contributed by atoms with Crippen molar-refractivity contribution in [3.8, 4) is 0 Å². The van der Waals surface area contributed by atoms with E-state index in [1.807, 2.05) is 0 Å². The number of hydrogen-bond donors (Lipinski definition) is 1. The maximum absolute atomic E-state index is 13.6. The summed E-state index contributed by atoms with van der Waals surface area (Å²) in [6.07, 6.45) is -4.47. The molecule has 0 radical (unpaired) electrons. The van der Waals surface area contributed by atoms with Crippen molar-refractivity contribution in [1.29, 1.82) is 0 Å². The van der Waals surface area contributed by atoms with Crippen LogP contribution in [0.1, 0.15) is 11.6 Å². The van der Waals surface area contributed by atoms with Crippen LogP contribution in [0.5, 0.6) is 0 Å². The number of halogens is 5. The zero-order valence-corrected chi connectivity index (χ0v) is 10.9. The van der Waals surface area contributed by atoms with E-state index in [0.717, 1.165) is 6.07 Å². The molecule has 108 valence electrons. The third-order valence-corrected chi connectivity index (χ3v) is 3.03. The van der Waals surface area contributed by atoms with Crippen LogP contribution in [0.4, 0.5) is 17.6 Å². The summed E-state index contributed by atoms with van der Waals surface area (Å²) in [5.74, 6) is -0.807. The molecule has 0 aliphatic carbocycles. The lowest BCUT2D eigenvalue weighted by Crippen LogP contribution is -2.49. The van der Waals surface area contributed by atoms with Crippen molar-refractivity contribution in [3.63, 3.8) is 0 Å². The van der Waals surface area contributed by atoms with Gasteiger partial charge in [0.15, 0.2) is 0 Å². The third-order valence-electron chi connectivity index (χ3n) is 3.03. The summed E-state index contributed by atoms with van der Waals surface area (Å²) in [7, 11) is 0. The quantitative estimate of drug-likeness (QED) is 0.845. The minimum Gasteiger partial charge on any atom is -0.314 e. The van der Waals surface area contributed by atoms with Gasteiger partial charge in [-0.05, 0) is 6.07 Å². The Hall–Kier alpha value is -0.850. The highest BCUT2D eigenvalue weighted by atomic mass is 35.5. The summed E-state index contributed by atoms with van der Waals surface area (Å²) in [5, 5.41) is 2.98. The molecule has 7 heteroatoms. The third kappa shape index (κ3) is 3.81. The molecule has 0 amide bonds. The summed E-state index contributed by atoms with van der Waals surface area (Å²) < 4.78 is 53.0. The normalized spacial score (nSPS) is 18.7. The van der Waals surface area contributed by atoms with E-state index >= 15 is 0 Å². The Kier molecular flexibility index (Phi) is 5.58. The monoisotopic (exact) mass is 298 g/mol. The van der Waals surface area contributed by atoms with Gasteiger partial charge in [-0.2, -0.15) is 13.2 Å². The van der Waals surface area contributed by atoms with Crippen LogP contribution >= 0.6 is 12.4 Å². The van der Waals surface area contributed by atoms with Gasteiger partial charge in [0.2, 0.25) is 0 Å². The second kappa shape index (κ2) is 6.54. The standard InChI is InChI=1S/C12H14F4N2.ClH/c13-10-4-2-1-3-9(10)11(12(14,15)16)18-7-5-17-6-8-18;/h1-4,11,17H,5-8H2;1H/t11-;/m0./s1. The van der Waals surface area contributed by atoms with Crippen molar-refractivity contribution in [2.45, 2.75) is 12.2 Å². The van der Waals surface area contributed by atoms with Crippen LogP contribution in [-0.2, 0) is 0 Å². The van der Waals surface area contributed by atoms with Gasteiger partial charge in [-0.15, -0.1) is 12.4 Å². The molecule has 2 rings (SSSR count). The van der Waals surface area contributed by atoms with Crippen molar-refractivity contribution in [1.82, 2.24) is 10.2 Å². The fraction of sp³-hybridized carbons (Fsp3) is 0.500. The van der Waals surface area contributed by atoms with Gasteiger partial charge in [-0.1, -0.05) is 18.2 Å². The first kappa shape index (κ1) is 16.2. The first-order valence-electron chi connectivity index (χ1n) is 5.76. The van der Waals surface area contributed by atoms with Crippen LogP contribution in [0.15, 0.2) is 24.3 Å². The SMILES string of the molecule is Cl.Fc1ccccc1[C@H](N1CCNCC1)C(F)(F)F. The van der Waals surface area contributed by atoms with Crippen LogP contribution < -0.4 is 5.32 Å². The molecule has 1 fully saturated rings. The summed E-state index contributed by atoms with van der Waals surface area (Å²) in [6, 6.07) is 3.23. The lowest BCUT2D eigenvalue weighted by molar-refractivity contribution is -0.188. The molecule has 1 aromatic rings. The Labute approximate surface area is 115 Å². The van der Waals surface area contributed by atoms with E-state index in [4.69, 9.17) is 0 Å². The van der Waals surface area contributed by atoms with Gasteiger partial charge < -0.3 is 5.32 Å². The molecule has 0 saturated carbocycles. The molecule has 0 unspecified atom stereocenters. The second-order valence-electron chi connectivity index (χ2n) is 4.25. The fourth-order valence-electron chi connectivity index (χ4n) is 2.22. The molecule has 0 bridgehead atoms. The number of hydrogen-bond acceptors (Lipinski definition) is 2. The molecular formula is C12H15ClF4N2. The molecular weight excluding hydrogens is 284 g/mol. The van der Waals surface area contributed by atoms with Gasteiger partial charge in [0.1, 0.15) is 11.9 Å². The molecule has 1 atom stereocenters. The molecule has 1 aliphatic heterocycles. The number of alkyl halides is 3. The van der Waals surface area contributed by atoms with Crippen molar-refractivity contribution in [2.24, 2.45) is 0 Å². The maximum atomic E-state index is 13.6. The lowest BCUT2D eigenvalue weighted by atomic mass is 10.0. The summed E-state index contributed by atoms with van der Waals surface area (Å²) in [6.45, 7) is 1.50. The Morgan fingerprint density at radius 2 is 1.68 bits per heavy atom. The highest BCUT2D eigenvalue weighted by Crippen LogP contribution is 2.38. The van der Waals surface area contributed by atoms with E-state index in [1.165, 1.54) is 23.1 Å². The highest BCUT2D eigenvalue weighted by Gasteiger charge is 2.45. The topological polar surface area (TPSA) is 15.3 Å². The minimum absolute atomic E-state index is 0. The van der Waals surface area contributed by atoms with Gasteiger partial charge in [0.05, 0.1) is 0 Å². The molecule has 1 saturated heterocycles. The van der Waals surface area contributed by atoms with Crippen LogP contribution in [0.25, 0.3) is 0 Å². The average Bonchev–Trinajstić information content (AvgIpc) is 2.32. The molecule has 19 heavy (non-hydrogen) atoms. The first-order chi connectivity index (χ1) is 8.50. The predicted molar refractivity (Wildman–Crippen MR) is 66.9 cm³/mol. The number of piperazine rings is 1. The number of benzene rings is 1. The Balaban J connectivity index is 0.00000180. The minimum atomic E-state index is -4.47. The molecule has 1 heterocycles. The van der Waals surface area contributed by atoms with Crippen LogP contribution in [-0.4, -0.2) is 37.3 Å². The van der Waals surface area contributed by atoms with Crippen LogP contribution in [0, 0.1) is 5.82 Å². The molecule has 0 aromatic heterocycles. The number of nitrogens with zero attached hydrogens (tertiary/aromatic N) is 1. The fourth-order valence-corrected chi connectivity index (χ4v) is 2.22. The van der Waals surface area contributed by atoms with E-state index in [1.54, 1.807) is 0 Å². The molecule has 1 N–H and O–H groups in total. The Morgan fingerprint density at radius 3 is 2.21 bits per heavy atom. The molecule has 2 nitrogen and oxygen atoms in total.